The van der Waals surface area contributed by atoms with Crippen molar-refractivity contribution in [3.63, 3.8) is 0 Å². The van der Waals surface area contributed by atoms with Gasteiger partial charge >= 0.3 is 5.97 Å². The van der Waals surface area contributed by atoms with Crippen LogP contribution in [-0.2, 0) is 0 Å². The highest BCUT2D eigenvalue weighted by Crippen LogP contribution is 2.19. The Morgan fingerprint density at radius 3 is 2.24 bits per heavy atom. The predicted octanol–water partition coefficient (Wildman–Crippen LogP) is 3.39. The summed E-state index contributed by atoms with van der Waals surface area (Å²) in [5.74, 6) is -2.40. The number of carboxylic acid groups (broad SMARTS) is 1. The quantitative estimate of drug-likeness (QED) is 0.909. The fourth-order valence-electron chi connectivity index (χ4n) is 2.10. The molecular weight excluding hydrogens is 273 g/mol. The third-order valence-electron chi connectivity index (χ3n) is 2.94. The van der Waals surface area contributed by atoms with Crippen LogP contribution in [0.25, 0.3) is 0 Å². The third kappa shape index (κ3) is 3.45. The Morgan fingerprint density at radius 2 is 1.67 bits per heavy atom. The topological polar surface area (TPSA) is 66.4 Å². The van der Waals surface area contributed by atoms with Crippen LogP contribution in [0.2, 0.25) is 0 Å². The second-order valence-electron chi connectivity index (χ2n) is 4.83. The fraction of sp³-hybridized carbons (Fsp3) is 0.125. The first-order valence-electron chi connectivity index (χ1n) is 6.29. The summed E-state index contributed by atoms with van der Waals surface area (Å²) in [6.07, 6.45) is 0. The summed E-state index contributed by atoms with van der Waals surface area (Å²) in [4.78, 5) is 23.3. The molecule has 0 aromatic heterocycles. The molecule has 0 atom stereocenters. The van der Waals surface area contributed by atoms with Crippen LogP contribution >= 0.6 is 0 Å². The van der Waals surface area contributed by atoms with Crippen molar-refractivity contribution in [1.29, 1.82) is 0 Å². The molecule has 0 aliphatic rings. The summed E-state index contributed by atoms with van der Waals surface area (Å²) in [7, 11) is 0. The molecule has 0 heterocycles. The molecule has 0 aliphatic carbocycles. The molecular formula is C16H14FNO3. The van der Waals surface area contributed by atoms with E-state index in [0.29, 0.717) is 5.56 Å². The van der Waals surface area contributed by atoms with Crippen LogP contribution in [0.1, 0.15) is 31.8 Å². The second-order valence-corrected chi connectivity index (χ2v) is 4.83. The van der Waals surface area contributed by atoms with E-state index in [1.807, 2.05) is 19.9 Å². The van der Waals surface area contributed by atoms with Gasteiger partial charge in [0.25, 0.3) is 5.91 Å². The minimum absolute atomic E-state index is 0.0630. The van der Waals surface area contributed by atoms with Gasteiger partial charge in [0.15, 0.2) is 0 Å². The molecule has 2 aromatic carbocycles. The van der Waals surface area contributed by atoms with E-state index < -0.39 is 17.7 Å². The number of anilines is 1. The Bertz CT molecular complexity index is 705. The Labute approximate surface area is 121 Å². The standard InChI is InChI=1S/C16H14FNO3/c1-9-5-10(2)7-11(6-9)15(19)18-14-4-3-12(17)8-13(14)16(20)21/h3-8H,1-2H3,(H,18,19)(H,20,21). The van der Waals surface area contributed by atoms with Crippen LogP contribution in [0.3, 0.4) is 0 Å². The van der Waals surface area contributed by atoms with Gasteiger partial charge in [-0.3, -0.25) is 4.79 Å². The van der Waals surface area contributed by atoms with Gasteiger partial charge < -0.3 is 10.4 Å². The number of rotatable bonds is 3. The number of carbonyl (C=O) groups is 2. The molecule has 0 unspecified atom stereocenters. The smallest absolute Gasteiger partial charge is 0.337 e. The number of hydrogen-bond donors (Lipinski definition) is 2. The summed E-state index contributed by atoms with van der Waals surface area (Å²) in [6, 6.07) is 8.54. The molecule has 0 fully saturated rings. The number of carboxylic acids is 1. The van der Waals surface area contributed by atoms with Crippen molar-refractivity contribution in [2.45, 2.75) is 13.8 Å². The van der Waals surface area contributed by atoms with E-state index in [-0.39, 0.29) is 11.3 Å². The van der Waals surface area contributed by atoms with Gasteiger partial charge in [0.1, 0.15) is 5.82 Å². The van der Waals surface area contributed by atoms with Gasteiger partial charge in [-0.2, -0.15) is 0 Å². The number of nitrogens with one attached hydrogen (secondary N) is 1. The molecule has 0 saturated heterocycles. The first kappa shape index (κ1) is 14.7. The molecule has 108 valence electrons. The van der Waals surface area contributed by atoms with Crippen LogP contribution in [0, 0.1) is 19.7 Å². The molecule has 2 N–H and O–H groups in total. The molecule has 0 spiro atoms. The van der Waals surface area contributed by atoms with Crippen molar-refractivity contribution in [3.8, 4) is 0 Å². The van der Waals surface area contributed by atoms with Crippen LogP contribution in [0.15, 0.2) is 36.4 Å². The second kappa shape index (κ2) is 5.75. The van der Waals surface area contributed by atoms with Gasteiger partial charge in [-0.1, -0.05) is 17.2 Å². The first-order chi connectivity index (χ1) is 9.86. The zero-order valence-corrected chi connectivity index (χ0v) is 11.6. The van der Waals surface area contributed by atoms with E-state index in [9.17, 15) is 14.0 Å². The zero-order valence-electron chi connectivity index (χ0n) is 11.6. The van der Waals surface area contributed by atoms with Gasteiger partial charge in [0.05, 0.1) is 11.3 Å². The Hall–Kier alpha value is -2.69. The van der Waals surface area contributed by atoms with E-state index in [0.717, 1.165) is 23.3 Å². The Kier molecular flexibility index (Phi) is 4.03. The summed E-state index contributed by atoms with van der Waals surface area (Å²) < 4.78 is 13.1. The molecule has 21 heavy (non-hydrogen) atoms. The zero-order chi connectivity index (χ0) is 15.6. The number of amides is 1. The first-order valence-corrected chi connectivity index (χ1v) is 6.29. The maximum atomic E-state index is 13.1. The summed E-state index contributed by atoms with van der Waals surface area (Å²) >= 11 is 0. The molecule has 2 aromatic rings. The number of hydrogen-bond acceptors (Lipinski definition) is 2. The van der Waals surface area contributed by atoms with E-state index >= 15 is 0 Å². The predicted molar refractivity (Wildman–Crippen MR) is 77.2 cm³/mol. The van der Waals surface area contributed by atoms with E-state index in [1.54, 1.807) is 12.1 Å². The van der Waals surface area contributed by atoms with Crippen LogP contribution in [0.4, 0.5) is 10.1 Å². The van der Waals surface area contributed by atoms with Gasteiger partial charge in [0.2, 0.25) is 0 Å². The lowest BCUT2D eigenvalue weighted by Crippen LogP contribution is -2.15. The van der Waals surface area contributed by atoms with Gasteiger partial charge in [-0.05, 0) is 44.2 Å². The number of aryl methyl sites for hydroxylation is 2. The average molecular weight is 287 g/mol. The average Bonchev–Trinajstić information content (AvgIpc) is 2.39. The van der Waals surface area contributed by atoms with Gasteiger partial charge in [0, 0.05) is 5.56 Å². The minimum atomic E-state index is -1.30. The summed E-state index contributed by atoms with van der Waals surface area (Å²) in [6.45, 7) is 3.73. The minimum Gasteiger partial charge on any atom is -0.478 e. The molecule has 2 rings (SSSR count). The summed E-state index contributed by atoms with van der Waals surface area (Å²) in [5.41, 5.74) is 2.06. The van der Waals surface area contributed by atoms with Crippen molar-refractivity contribution in [2.24, 2.45) is 0 Å². The molecule has 1 amide bonds. The Balaban J connectivity index is 2.33. The van der Waals surface area contributed by atoms with Crippen molar-refractivity contribution >= 4 is 17.6 Å². The largest absolute Gasteiger partial charge is 0.478 e. The van der Waals surface area contributed by atoms with Crippen LogP contribution in [-0.4, -0.2) is 17.0 Å². The monoisotopic (exact) mass is 287 g/mol. The van der Waals surface area contributed by atoms with Crippen LogP contribution in [0.5, 0.6) is 0 Å². The molecule has 0 saturated carbocycles. The SMILES string of the molecule is Cc1cc(C)cc(C(=O)Nc2ccc(F)cc2C(=O)O)c1. The van der Waals surface area contributed by atoms with E-state index in [2.05, 4.69) is 5.32 Å². The number of aromatic carboxylic acids is 1. The fourth-order valence-corrected chi connectivity index (χ4v) is 2.10. The summed E-state index contributed by atoms with van der Waals surface area (Å²) in [5, 5.41) is 11.5. The molecule has 0 radical (unpaired) electrons. The lowest BCUT2D eigenvalue weighted by Gasteiger charge is -2.09. The van der Waals surface area contributed by atoms with Crippen molar-refractivity contribution in [2.75, 3.05) is 5.32 Å². The Morgan fingerprint density at radius 1 is 1.05 bits per heavy atom. The highest BCUT2D eigenvalue weighted by atomic mass is 19.1. The molecule has 4 nitrogen and oxygen atoms in total. The number of benzene rings is 2. The maximum Gasteiger partial charge on any atom is 0.337 e. The van der Waals surface area contributed by atoms with Crippen molar-refractivity contribution in [1.82, 2.24) is 0 Å². The highest BCUT2D eigenvalue weighted by Gasteiger charge is 2.15. The van der Waals surface area contributed by atoms with Gasteiger partial charge in [-0.15, -0.1) is 0 Å². The number of halogens is 1. The van der Waals surface area contributed by atoms with Crippen LogP contribution < -0.4 is 5.32 Å². The molecule has 5 heteroatoms. The van der Waals surface area contributed by atoms with E-state index in [4.69, 9.17) is 5.11 Å². The normalized spacial score (nSPS) is 10.2. The molecule has 0 bridgehead atoms. The number of carbonyl (C=O) groups excluding carboxylic acids is 1. The lowest BCUT2D eigenvalue weighted by atomic mass is 10.1. The lowest BCUT2D eigenvalue weighted by molar-refractivity contribution is 0.0697. The van der Waals surface area contributed by atoms with Gasteiger partial charge in [-0.25, -0.2) is 9.18 Å². The molecule has 0 aliphatic heterocycles. The van der Waals surface area contributed by atoms with E-state index in [1.165, 1.54) is 6.07 Å². The van der Waals surface area contributed by atoms with Crippen molar-refractivity contribution < 1.29 is 19.1 Å². The van der Waals surface area contributed by atoms with Crippen molar-refractivity contribution in [3.05, 3.63) is 64.5 Å². The highest BCUT2D eigenvalue weighted by molar-refractivity contribution is 6.07. The third-order valence-corrected chi connectivity index (χ3v) is 2.94. The maximum absolute atomic E-state index is 13.1.